The van der Waals surface area contributed by atoms with E-state index in [2.05, 4.69) is 35.6 Å². The topological polar surface area (TPSA) is 124 Å². The maximum atomic E-state index is 9.18. The van der Waals surface area contributed by atoms with Crippen molar-refractivity contribution in [2.75, 3.05) is 18.4 Å². The predicted molar refractivity (Wildman–Crippen MR) is 85.8 cm³/mol. The van der Waals surface area contributed by atoms with E-state index < -0.39 is 0 Å². The second-order valence-electron chi connectivity index (χ2n) is 5.37. The molecule has 1 atom stereocenters. The van der Waals surface area contributed by atoms with Gasteiger partial charge in [0.25, 0.3) is 5.88 Å². The molecule has 24 heavy (non-hydrogen) atoms. The Labute approximate surface area is 137 Å². The summed E-state index contributed by atoms with van der Waals surface area (Å²) in [7, 11) is 0. The normalized spacial score (nSPS) is 16.9. The van der Waals surface area contributed by atoms with Crippen molar-refractivity contribution < 1.29 is 4.74 Å². The average molecular weight is 322 g/mol. The first kappa shape index (κ1) is 14.3. The Morgan fingerprint density at radius 2 is 2.21 bits per heavy atom. The third-order valence-corrected chi connectivity index (χ3v) is 3.70. The lowest BCUT2D eigenvalue weighted by Gasteiger charge is -2.13. The van der Waals surface area contributed by atoms with Crippen molar-refractivity contribution in [3.63, 3.8) is 0 Å². The molecule has 0 amide bonds. The van der Waals surface area contributed by atoms with E-state index in [1.807, 2.05) is 12.1 Å². The van der Waals surface area contributed by atoms with Crippen molar-refractivity contribution >= 4 is 22.7 Å². The van der Waals surface area contributed by atoms with E-state index in [-0.39, 0.29) is 17.7 Å². The van der Waals surface area contributed by atoms with Crippen molar-refractivity contribution in [3.05, 3.63) is 30.5 Å². The fourth-order valence-corrected chi connectivity index (χ4v) is 2.52. The number of nitriles is 1. The number of hydrogen-bond acceptors (Lipinski definition) is 8. The number of H-pyrrole nitrogens is 1. The Bertz CT molecular complexity index is 909. The van der Waals surface area contributed by atoms with Crippen LogP contribution in [0.4, 0.5) is 11.6 Å². The van der Waals surface area contributed by atoms with Gasteiger partial charge in [0, 0.05) is 12.6 Å². The Morgan fingerprint density at radius 1 is 1.25 bits per heavy atom. The van der Waals surface area contributed by atoms with Gasteiger partial charge in [-0.3, -0.25) is 0 Å². The van der Waals surface area contributed by atoms with Crippen LogP contribution in [0.1, 0.15) is 12.1 Å². The number of aromatic amines is 1. The zero-order valence-corrected chi connectivity index (χ0v) is 12.7. The first-order valence-corrected chi connectivity index (χ1v) is 7.52. The molecule has 0 bridgehead atoms. The van der Waals surface area contributed by atoms with Crippen LogP contribution in [-0.2, 0) is 0 Å². The van der Waals surface area contributed by atoms with Gasteiger partial charge in [-0.2, -0.15) is 10.2 Å². The van der Waals surface area contributed by atoms with Gasteiger partial charge in [0.2, 0.25) is 5.69 Å². The lowest BCUT2D eigenvalue weighted by molar-refractivity contribution is 0.212. The fraction of sp³-hybridized carbons (Fsp3) is 0.267. The van der Waals surface area contributed by atoms with Crippen LogP contribution < -0.4 is 15.4 Å². The number of nitrogens with zero attached hydrogens (tertiary/aromatic N) is 5. The third kappa shape index (κ3) is 2.82. The second kappa shape index (κ2) is 6.10. The largest absolute Gasteiger partial charge is 0.471 e. The summed E-state index contributed by atoms with van der Waals surface area (Å²) >= 11 is 0. The number of nitrogens with one attached hydrogen (secondary N) is 3. The molecule has 1 aliphatic rings. The van der Waals surface area contributed by atoms with E-state index in [9.17, 15) is 5.26 Å². The van der Waals surface area contributed by atoms with Gasteiger partial charge in [-0.15, -0.1) is 0 Å². The van der Waals surface area contributed by atoms with E-state index in [0.29, 0.717) is 11.6 Å². The monoisotopic (exact) mass is 322 g/mol. The maximum Gasteiger partial charge on any atom is 0.253 e. The summed E-state index contributed by atoms with van der Waals surface area (Å²) in [6, 6.07) is 3.83. The summed E-state index contributed by atoms with van der Waals surface area (Å²) in [5, 5.41) is 15.4. The molecule has 4 rings (SSSR count). The Kier molecular flexibility index (Phi) is 3.64. The smallest absolute Gasteiger partial charge is 0.253 e. The van der Waals surface area contributed by atoms with Gasteiger partial charge in [-0.1, -0.05) is 0 Å². The van der Waals surface area contributed by atoms with Gasteiger partial charge in [0.05, 0.1) is 24.2 Å². The van der Waals surface area contributed by atoms with Crippen molar-refractivity contribution in [2.24, 2.45) is 0 Å². The first-order valence-electron chi connectivity index (χ1n) is 7.52. The maximum absolute atomic E-state index is 9.18. The van der Waals surface area contributed by atoms with Crippen LogP contribution in [0.15, 0.2) is 24.8 Å². The van der Waals surface area contributed by atoms with E-state index in [1.54, 1.807) is 12.5 Å². The quantitative estimate of drug-likeness (QED) is 0.652. The number of hydrogen-bond donors (Lipinski definition) is 3. The van der Waals surface area contributed by atoms with Crippen molar-refractivity contribution in [1.29, 1.82) is 5.26 Å². The molecule has 1 fully saturated rings. The van der Waals surface area contributed by atoms with Crippen LogP contribution in [0, 0.1) is 11.3 Å². The molecule has 0 unspecified atom stereocenters. The first-order chi connectivity index (χ1) is 11.8. The number of rotatable bonds is 4. The minimum atomic E-state index is 0.00104. The molecule has 1 saturated heterocycles. The summed E-state index contributed by atoms with van der Waals surface area (Å²) in [5.74, 6) is 1.29. The van der Waals surface area contributed by atoms with Crippen molar-refractivity contribution in [2.45, 2.75) is 12.5 Å². The van der Waals surface area contributed by atoms with Gasteiger partial charge in [-0.25, -0.2) is 15.0 Å². The molecule has 4 heterocycles. The van der Waals surface area contributed by atoms with Gasteiger partial charge in [-0.05, 0) is 13.0 Å². The molecular weight excluding hydrogens is 308 g/mol. The number of ether oxygens (including phenoxy) is 1. The number of fused-ring (bicyclic) bond motifs is 1. The molecule has 0 aromatic carbocycles. The van der Waals surface area contributed by atoms with Gasteiger partial charge < -0.3 is 20.4 Å². The molecule has 0 spiro atoms. The Hall–Kier alpha value is -3.25. The molecular formula is C15H14N8O. The molecule has 120 valence electrons. The Balaban J connectivity index is 1.59. The molecule has 0 radical (unpaired) electrons. The highest BCUT2D eigenvalue weighted by atomic mass is 16.5. The highest BCUT2D eigenvalue weighted by molar-refractivity contribution is 5.77. The van der Waals surface area contributed by atoms with Crippen LogP contribution in [0.25, 0.3) is 11.0 Å². The minimum Gasteiger partial charge on any atom is -0.471 e. The number of anilines is 2. The molecule has 0 saturated carbocycles. The van der Waals surface area contributed by atoms with E-state index in [4.69, 9.17) is 4.74 Å². The van der Waals surface area contributed by atoms with Crippen LogP contribution in [0.2, 0.25) is 0 Å². The molecule has 9 nitrogen and oxygen atoms in total. The van der Waals surface area contributed by atoms with Gasteiger partial charge >= 0.3 is 0 Å². The van der Waals surface area contributed by atoms with Gasteiger partial charge in [0.1, 0.15) is 23.5 Å². The third-order valence-electron chi connectivity index (χ3n) is 3.70. The molecule has 0 aliphatic carbocycles. The van der Waals surface area contributed by atoms with Crippen molar-refractivity contribution in [1.82, 2.24) is 30.2 Å². The Morgan fingerprint density at radius 3 is 3.04 bits per heavy atom. The summed E-state index contributed by atoms with van der Waals surface area (Å²) in [4.78, 5) is 19.9. The summed E-state index contributed by atoms with van der Waals surface area (Å²) < 4.78 is 5.80. The van der Waals surface area contributed by atoms with Crippen LogP contribution in [0.3, 0.4) is 0 Å². The summed E-state index contributed by atoms with van der Waals surface area (Å²) in [6.45, 7) is 1.63. The molecule has 3 aromatic rings. The van der Waals surface area contributed by atoms with Crippen LogP contribution >= 0.6 is 0 Å². The minimum absolute atomic E-state index is 0.00104. The highest BCUT2D eigenvalue weighted by Crippen LogP contribution is 2.21. The zero-order valence-electron chi connectivity index (χ0n) is 12.7. The molecule has 1 aliphatic heterocycles. The summed E-state index contributed by atoms with van der Waals surface area (Å²) in [6.07, 6.45) is 5.63. The fourth-order valence-electron chi connectivity index (χ4n) is 2.52. The lowest BCUT2D eigenvalue weighted by atomic mass is 10.3. The number of imidazole rings is 1. The van der Waals surface area contributed by atoms with Crippen LogP contribution in [0.5, 0.6) is 5.88 Å². The van der Waals surface area contributed by atoms with E-state index in [0.717, 1.165) is 30.5 Å². The highest BCUT2D eigenvalue weighted by Gasteiger charge is 2.19. The van der Waals surface area contributed by atoms with Crippen molar-refractivity contribution in [3.8, 4) is 11.9 Å². The predicted octanol–water partition coefficient (Wildman–Crippen LogP) is 1.10. The molecule has 3 N–H and O–H groups in total. The average Bonchev–Trinajstić information content (AvgIpc) is 3.26. The summed E-state index contributed by atoms with van der Waals surface area (Å²) in [5.41, 5.74) is 1.82. The van der Waals surface area contributed by atoms with E-state index >= 15 is 0 Å². The van der Waals surface area contributed by atoms with Crippen LogP contribution in [-0.4, -0.2) is 44.1 Å². The number of pyridine rings is 1. The standard InChI is InChI=1S/C15H14N8O/c16-4-11-15(24-9-1-2-17-5-9)23-14(7-18-11)22-13-3-10-12(6-19-13)21-8-20-10/h3,6-9,17H,1-2,5H2,(H,20,21)(H,19,22,23)/t9-/m1/s1. The molecule has 3 aromatic heterocycles. The lowest BCUT2D eigenvalue weighted by Crippen LogP contribution is -2.21. The van der Waals surface area contributed by atoms with E-state index in [1.165, 1.54) is 6.20 Å². The molecule has 9 heteroatoms. The number of aromatic nitrogens is 5. The SMILES string of the molecule is N#Cc1ncc(Nc2cc3[nH]cnc3cn2)nc1O[C@@H]1CCNC1. The zero-order chi connectivity index (χ0) is 16.4. The van der Waals surface area contributed by atoms with Gasteiger partial charge in [0.15, 0.2) is 5.82 Å². The second-order valence-corrected chi connectivity index (χ2v) is 5.37.